The molecule has 0 aliphatic rings. The fourth-order valence-electron chi connectivity index (χ4n) is 4.23. The number of benzene rings is 4. The van der Waals surface area contributed by atoms with Crippen LogP contribution in [0, 0.1) is 0 Å². The van der Waals surface area contributed by atoms with Crippen LogP contribution in [0.1, 0.15) is 0 Å². The molecule has 0 atom stereocenters. The van der Waals surface area contributed by atoms with Gasteiger partial charge in [0.15, 0.2) is 0 Å². The summed E-state index contributed by atoms with van der Waals surface area (Å²) in [5.74, 6) is 0. The SMILES string of the molecule is O=c1oc2cc(-c3c[nH]c4ccc5ccccc5c34)ccc2cc1-c1ccccc1. The van der Waals surface area contributed by atoms with Gasteiger partial charge in [-0.2, -0.15) is 0 Å². The first-order chi connectivity index (χ1) is 14.8. The Balaban J connectivity index is 1.56. The lowest BCUT2D eigenvalue weighted by molar-refractivity contribution is 0.563. The normalized spacial score (nSPS) is 11.5. The first-order valence-corrected chi connectivity index (χ1v) is 9.90. The van der Waals surface area contributed by atoms with Crippen LogP contribution in [0.5, 0.6) is 0 Å². The predicted molar refractivity (Wildman–Crippen MR) is 123 cm³/mol. The molecule has 2 aromatic heterocycles. The molecule has 6 aromatic rings. The molecule has 0 aliphatic heterocycles. The molecule has 0 amide bonds. The van der Waals surface area contributed by atoms with Crippen LogP contribution in [0.4, 0.5) is 0 Å². The van der Waals surface area contributed by atoms with E-state index in [9.17, 15) is 4.79 Å². The van der Waals surface area contributed by atoms with Gasteiger partial charge >= 0.3 is 5.63 Å². The van der Waals surface area contributed by atoms with E-state index in [0.29, 0.717) is 11.1 Å². The largest absolute Gasteiger partial charge is 0.422 e. The van der Waals surface area contributed by atoms with Gasteiger partial charge in [0.2, 0.25) is 0 Å². The van der Waals surface area contributed by atoms with Crippen molar-refractivity contribution in [2.24, 2.45) is 0 Å². The lowest BCUT2D eigenvalue weighted by Gasteiger charge is -2.06. The summed E-state index contributed by atoms with van der Waals surface area (Å²) in [6.45, 7) is 0. The van der Waals surface area contributed by atoms with Gasteiger partial charge in [-0.3, -0.25) is 0 Å². The maximum absolute atomic E-state index is 12.6. The van der Waals surface area contributed by atoms with Gasteiger partial charge in [0, 0.05) is 28.0 Å². The minimum absolute atomic E-state index is 0.324. The molecular formula is C27H17NO2. The standard InChI is InChI=1S/C27H17NO2/c29-27-22(17-6-2-1-3-7-17)14-20-11-10-19(15-25(20)30-27)23-16-28-24-13-12-18-8-4-5-9-21(18)26(23)24/h1-16,28H. The van der Waals surface area contributed by atoms with Gasteiger partial charge in [-0.1, -0.05) is 72.8 Å². The quantitative estimate of drug-likeness (QED) is 0.334. The van der Waals surface area contributed by atoms with Crippen molar-refractivity contribution in [1.29, 1.82) is 0 Å². The Kier molecular flexibility index (Phi) is 3.62. The third-order valence-corrected chi connectivity index (χ3v) is 5.70. The second-order valence-corrected chi connectivity index (χ2v) is 7.48. The van der Waals surface area contributed by atoms with Gasteiger partial charge in [-0.25, -0.2) is 4.79 Å². The monoisotopic (exact) mass is 387 g/mol. The number of hydrogen-bond acceptors (Lipinski definition) is 2. The molecule has 6 rings (SSSR count). The second kappa shape index (κ2) is 6.46. The fourth-order valence-corrected chi connectivity index (χ4v) is 4.23. The fraction of sp³-hybridized carbons (Fsp3) is 0. The van der Waals surface area contributed by atoms with Crippen LogP contribution in [0.3, 0.4) is 0 Å². The zero-order valence-electron chi connectivity index (χ0n) is 16.1. The highest BCUT2D eigenvalue weighted by Gasteiger charge is 2.12. The molecule has 0 spiro atoms. The number of aromatic nitrogens is 1. The Labute approximate surface area is 172 Å². The average Bonchev–Trinajstić information content (AvgIpc) is 3.23. The predicted octanol–water partition coefficient (Wildman–Crippen LogP) is 6.76. The van der Waals surface area contributed by atoms with Crippen molar-refractivity contribution in [2.75, 3.05) is 0 Å². The minimum Gasteiger partial charge on any atom is -0.422 e. The van der Waals surface area contributed by atoms with Crippen LogP contribution < -0.4 is 5.63 Å². The minimum atomic E-state index is -0.324. The summed E-state index contributed by atoms with van der Waals surface area (Å²) in [6, 6.07) is 30.2. The first kappa shape index (κ1) is 16.8. The van der Waals surface area contributed by atoms with Crippen molar-refractivity contribution < 1.29 is 4.42 Å². The molecule has 30 heavy (non-hydrogen) atoms. The van der Waals surface area contributed by atoms with E-state index in [0.717, 1.165) is 27.6 Å². The number of aromatic amines is 1. The van der Waals surface area contributed by atoms with Gasteiger partial charge in [0.25, 0.3) is 0 Å². The molecule has 3 nitrogen and oxygen atoms in total. The van der Waals surface area contributed by atoms with Crippen LogP contribution in [0.15, 0.2) is 106 Å². The molecule has 0 saturated heterocycles. The van der Waals surface area contributed by atoms with Gasteiger partial charge in [-0.05, 0) is 40.1 Å². The van der Waals surface area contributed by atoms with Gasteiger partial charge in [0.1, 0.15) is 5.58 Å². The molecule has 0 saturated carbocycles. The maximum Gasteiger partial charge on any atom is 0.344 e. The molecule has 3 heteroatoms. The smallest absolute Gasteiger partial charge is 0.344 e. The van der Waals surface area contributed by atoms with E-state index < -0.39 is 0 Å². The Bertz CT molecular complexity index is 1610. The summed E-state index contributed by atoms with van der Waals surface area (Å²) in [5, 5.41) is 4.48. The summed E-state index contributed by atoms with van der Waals surface area (Å²) < 4.78 is 5.72. The Hall–Kier alpha value is -4.11. The van der Waals surface area contributed by atoms with E-state index in [-0.39, 0.29) is 5.63 Å². The summed E-state index contributed by atoms with van der Waals surface area (Å²) in [7, 11) is 0. The highest BCUT2D eigenvalue weighted by molar-refractivity contribution is 6.14. The van der Waals surface area contributed by atoms with Crippen molar-refractivity contribution in [1.82, 2.24) is 4.98 Å². The van der Waals surface area contributed by atoms with Crippen LogP contribution in [0.2, 0.25) is 0 Å². The topological polar surface area (TPSA) is 46.0 Å². The molecule has 1 N–H and O–H groups in total. The van der Waals surface area contributed by atoms with Crippen LogP contribution in [0.25, 0.3) is 54.9 Å². The highest BCUT2D eigenvalue weighted by atomic mass is 16.4. The summed E-state index contributed by atoms with van der Waals surface area (Å²) >= 11 is 0. The van der Waals surface area contributed by atoms with Crippen LogP contribution in [-0.2, 0) is 0 Å². The number of rotatable bonds is 2. The third-order valence-electron chi connectivity index (χ3n) is 5.70. The van der Waals surface area contributed by atoms with Crippen molar-refractivity contribution in [3.63, 3.8) is 0 Å². The second-order valence-electron chi connectivity index (χ2n) is 7.48. The molecular weight excluding hydrogens is 370 g/mol. The maximum atomic E-state index is 12.6. The number of H-pyrrole nitrogens is 1. The molecule has 0 radical (unpaired) electrons. The Morgan fingerprint density at radius 2 is 1.47 bits per heavy atom. The third kappa shape index (κ3) is 2.56. The molecule has 0 fully saturated rings. The van der Waals surface area contributed by atoms with E-state index >= 15 is 0 Å². The van der Waals surface area contributed by atoms with Crippen LogP contribution in [-0.4, -0.2) is 4.98 Å². The number of hydrogen-bond donors (Lipinski definition) is 1. The molecule has 0 bridgehead atoms. The van der Waals surface area contributed by atoms with E-state index in [1.807, 2.05) is 54.7 Å². The van der Waals surface area contributed by atoms with Gasteiger partial charge in [-0.15, -0.1) is 0 Å². The van der Waals surface area contributed by atoms with Crippen molar-refractivity contribution in [3.05, 3.63) is 108 Å². The molecule has 0 unspecified atom stereocenters. The van der Waals surface area contributed by atoms with Gasteiger partial charge in [0.05, 0.1) is 5.56 Å². The number of nitrogens with one attached hydrogen (secondary N) is 1. The molecule has 4 aromatic carbocycles. The number of fused-ring (bicyclic) bond motifs is 4. The van der Waals surface area contributed by atoms with E-state index in [1.54, 1.807) is 0 Å². The summed E-state index contributed by atoms with van der Waals surface area (Å²) in [5.41, 5.74) is 4.90. The zero-order valence-corrected chi connectivity index (χ0v) is 16.1. The molecule has 2 heterocycles. The lowest BCUT2D eigenvalue weighted by atomic mass is 9.98. The molecule has 0 aliphatic carbocycles. The highest BCUT2D eigenvalue weighted by Crippen LogP contribution is 2.35. The van der Waals surface area contributed by atoms with E-state index in [1.165, 1.54) is 16.2 Å². The lowest BCUT2D eigenvalue weighted by Crippen LogP contribution is -2.02. The average molecular weight is 387 g/mol. The Morgan fingerprint density at radius 3 is 2.37 bits per heavy atom. The molecule has 142 valence electrons. The summed E-state index contributed by atoms with van der Waals surface area (Å²) in [4.78, 5) is 16.0. The van der Waals surface area contributed by atoms with E-state index in [2.05, 4.69) is 47.4 Å². The van der Waals surface area contributed by atoms with Gasteiger partial charge < -0.3 is 9.40 Å². The van der Waals surface area contributed by atoms with Crippen molar-refractivity contribution in [3.8, 4) is 22.3 Å². The first-order valence-electron chi connectivity index (χ1n) is 9.90. The summed E-state index contributed by atoms with van der Waals surface area (Å²) in [6.07, 6.45) is 2.02. The van der Waals surface area contributed by atoms with Crippen molar-refractivity contribution >= 4 is 32.6 Å². The van der Waals surface area contributed by atoms with E-state index in [4.69, 9.17) is 4.42 Å². The Morgan fingerprint density at radius 1 is 0.667 bits per heavy atom. The van der Waals surface area contributed by atoms with Crippen molar-refractivity contribution in [2.45, 2.75) is 0 Å². The zero-order chi connectivity index (χ0) is 20.1. The van der Waals surface area contributed by atoms with Crippen LogP contribution >= 0.6 is 0 Å².